The summed E-state index contributed by atoms with van der Waals surface area (Å²) in [6.45, 7) is 4.34. The molecule has 0 bridgehead atoms. The van der Waals surface area contributed by atoms with E-state index in [1.54, 1.807) is 18.3 Å². The first-order valence-electron chi connectivity index (χ1n) is 6.30. The number of morpholine rings is 1. The Balaban J connectivity index is 2.10. The number of hydrogen-bond acceptors (Lipinski definition) is 4. The minimum absolute atomic E-state index is 0.0360. The second kappa shape index (κ2) is 5.93. The molecule has 5 heteroatoms. The summed E-state index contributed by atoms with van der Waals surface area (Å²) in [6.07, 6.45) is 2.71. The van der Waals surface area contributed by atoms with Crippen molar-refractivity contribution in [2.45, 2.75) is 26.0 Å². The number of aromatic nitrogens is 1. The van der Waals surface area contributed by atoms with Crippen molar-refractivity contribution in [3.8, 4) is 0 Å². The van der Waals surface area contributed by atoms with Crippen molar-refractivity contribution >= 4 is 5.91 Å². The topological polar surface area (TPSA) is 68.5 Å². The van der Waals surface area contributed by atoms with E-state index < -0.39 is 0 Å². The molecule has 0 aromatic carbocycles. The van der Waals surface area contributed by atoms with Crippen molar-refractivity contribution in [3.63, 3.8) is 0 Å². The van der Waals surface area contributed by atoms with E-state index in [2.05, 4.69) is 11.9 Å². The number of nitrogens with two attached hydrogens (primary N) is 1. The van der Waals surface area contributed by atoms with Crippen LogP contribution in [0.15, 0.2) is 18.3 Å². The maximum atomic E-state index is 12.3. The lowest BCUT2D eigenvalue weighted by Gasteiger charge is -2.32. The van der Waals surface area contributed by atoms with Crippen molar-refractivity contribution in [1.82, 2.24) is 9.88 Å². The molecule has 1 aliphatic rings. The van der Waals surface area contributed by atoms with Gasteiger partial charge in [0, 0.05) is 31.4 Å². The Morgan fingerprint density at radius 1 is 1.67 bits per heavy atom. The van der Waals surface area contributed by atoms with E-state index in [1.807, 2.05) is 4.90 Å². The Morgan fingerprint density at radius 2 is 2.50 bits per heavy atom. The van der Waals surface area contributed by atoms with Crippen molar-refractivity contribution in [1.29, 1.82) is 0 Å². The van der Waals surface area contributed by atoms with Gasteiger partial charge in [0.05, 0.1) is 18.4 Å². The van der Waals surface area contributed by atoms with Gasteiger partial charge in [-0.05, 0) is 18.6 Å². The van der Waals surface area contributed by atoms with Crippen molar-refractivity contribution in [2.24, 2.45) is 5.73 Å². The first-order chi connectivity index (χ1) is 8.74. The molecule has 1 aromatic rings. The molecular weight excluding hydrogens is 230 g/mol. The lowest BCUT2D eigenvalue weighted by molar-refractivity contribution is -0.0226. The summed E-state index contributed by atoms with van der Waals surface area (Å²) in [7, 11) is 0. The largest absolute Gasteiger partial charge is 0.375 e. The number of nitrogens with zero attached hydrogens (tertiary/aromatic N) is 2. The minimum Gasteiger partial charge on any atom is -0.375 e. The van der Waals surface area contributed by atoms with Crippen molar-refractivity contribution in [3.05, 3.63) is 29.6 Å². The first kappa shape index (κ1) is 13.0. The Hall–Kier alpha value is -1.46. The molecule has 1 aliphatic heterocycles. The summed E-state index contributed by atoms with van der Waals surface area (Å²) < 4.78 is 5.56. The van der Waals surface area contributed by atoms with Gasteiger partial charge in [0.25, 0.3) is 5.91 Å². The Morgan fingerprint density at radius 3 is 3.22 bits per heavy atom. The van der Waals surface area contributed by atoms with Crippen LogP contribution in [-0.4, -0.2) is 41.6 Å². The fourth-order valence-electron chi connectivity index (χ4n) is 2.06. The summed E-state index contributed by atoms with van der Waals surface area (Å²) in [4.78, 5) is 18.3. The van der Waals surface area contributed by atoms with Gasteiger partial charge in [0.1, 0.15) is 0 Å². The lowest BCUT2D eigenvalue weighted by atomic mass is 10.1. The van der Waals surface area contributed by atoms with Gasteiger partial charge in [-0.25, -0.2) is 0 Å². The molecule has 0 saturated carbocycles. The van der Waals surface area contributed by atoms with Crippen LogP contribution >= 0.6 is 0 Å². The average Bonchev–Trinajstić information content (AvgIpc) is 2.46. The number of carbonyl (C=O) groups is 1. The molecule has 1 fully saturated rings. The summed E-state index contributed by atoms with van der Waals surface area (Å²) >= 11 is 0. The van der Waals surface area contributed by atoms with Crippen LogP contribution in [0, 0.1) is 0 Å². The van der Waals surface area contributed by atoms with E-state index in [-0.39, 0.29) is 12.0 Å². The third-order valence-electron chi connectivity index (χ3n) is 3.15. The van der Waals surface area contributed by atoms with Gasteiger partial charge >= 0.3 is 0 Å². The average molecular weight is 249 g/mol. The Labute approximate surface area is 107 Å². The van der Waals surface area contributed by atoms with E-state index in [0.29, 0.717) is 31.8 Å². The second-order valence-electron chi connectivity index (χ2n) is 4.39. The fraction of sp³-hybridized carbons (Fsp3) is 0.538. The zero-order chi connectivity index (χ0) is 13.0. The molecule has 0 radical (unpaired) electrons. The number of hydrogen-bond donors (Lipinski definition) is 1. The number of pyridine rings is 1. The molecule has 2 rings (SSSR count). The monoisotopic (exact) mass is 249 g/mol. The van der Waals surface area contributed by atoms with Crippen LogP contribution in [0.5, 0.6) is 0 Å². The standard InChI is InChI=1S/C13H19N3O2/c1-2-12-9-16(5-6-18-12)13(17)10-3-4-15-11(7-10)8-14/h3-4,7,12H,2,5-6,8-9,14H2,1H3. The smallest absolute Gasteiger partial charge is 0.254 e. The highest BCUT2D eigenvalue weighted by molar-refractivity contribution is 5.94. The molecule has 18 heavy (non-hydrogen) atoms. The van der Waals surface area contributed by atoms with Crippen LogP contribution in [0.2, 0.25) is 0 Å². The highest BCUT2D eigenvalue weighted by atomic mass is 16.5. The van der Waals surface area contributed by atoms with Crippen LogP contribution in [0.25, 0.3) is 0 Å². The number of carbonyl (C=O) groups excluding carboxylic acids is 1. The molecule has 1 atom stereocenters. The second-order valence-corrected chi connectivity index (χ2v) is 4.39. The summed E-state index contributed by atoms with van der Waals surface area (Å²) in [6, 6.07) is 3.50. The van der Waals surface area contributed by atoms with Gasteiger partial charge in [0.15, 0.2) is 0 Å². The van der Waals surface area contributed by atoms with E-state index in [1.165, 1.54) is 0 Å². The lowest BCUT2D eigenvalue weighted by Crippen LogP contribution is -2.45. The summed E-state index contributed by atoms with van der Waals surface area (Å²) in [5, 5.41) is 0. The molecule has 5 nitrogen and oxygen atoms in total. The fourth-order valence-corrected chi connectivity index (χ4v) is 2.06. The Bertz CT molecular complexity index is 422. The van der Waals surface area contributed by atoms with Crippen molar-refractivity contribution in [2.75, 3.05) is 19.7 Å². The van der Waals surface area contributed by atoms with Gasteiger partial charge < -0.3 is 15.4 Å². The SMILES string of the molecule is CCC1CN(C(=O)c2ccnc(CN)c2)CCO1. The number of rotatable bonds is 3. The highest BCUT2D eigenvalue weighted by Gasteiger charge is 2.24. The van der Waals surface area contributed by atoms with Gasteiger partial charge in [-0.3, -0.25) is 9.78 Å². The molecule has 1 unspecified atom stereocenters. The zero-order valence-electron chi connectivity index (χ0n) is 10.6. The number of ether oxygens (including phenoxy) is 1. The highest BCUT2D eigenvalue weighted by Crippen LogP contribution is 2.12. The van der Waals surface area contributed by atoms with Crippen molar-refractivity contribution < 1.29 is 9.53 Å². The zero-order valence-corrected chi connectivity index (χ0v) is 10.6. The third-order valence-corrected chi connectivity index (χ3v) is 3.15. The maximum absolute atomic E-state index is 12.3. The predicted molar refractivity (Wildman–Crippen MR) is 68.1 cm³/mol. The number of amides is 1. The molecule has 1 aromatic heterocycles. The molecule has 1 saturated heterocycles. The summed E-state index contributed by atoms with van der Waals surface area (Å²) in [5.74, 6) is 0.0360. The van der Waals surface area contributed by atoms with Crippen LogP contribution in [-0.2, 0) is 11.3 Å². The van der Waals surface area contributed by atoms with Crippen LogP contribution < -0.4 is 5.73 Å². The van der Waals surface area contributed by atoms with E-state index in [9.17, 15) is 4.79 Å². The first-order valence-corrected chi connectivity index (χ1v) is 6.30. The van der Waals surface area contributed by atoms with Gasteiger partial charge in [-0.2, -0.15) is 0 Å². The van der Waals surface area contributed by atoms with Crippen LogP contribution in [0.1, 0.15) is 29.4 Å². The molecule has 2 N–H and O–H groups in total. The maximum Gasteiger partial charge on any atom is 0.254 e. The summed E-state index contributed by atoms with van der Waals surface area (Å²) in [5.41, 5.74) is 6.93. The molecule has 98 valence electrons. The Kier molecular flexibility index (Phi) is 4.28. The molecule has 0 spiro atoms. The molecule has 2 heterocycles. The van der Waals surface area contributed by atoms with Crippen LogP contribution in [0.4, 0.5) is 0 Å². The minimum atomic E-state index is 0.0360. The molecular formula is C13H19N3O2. The van der Waals surface area contributed by atoms with Gasteiger partial charge in [-0.1, -0.05) is 6.92 Å². The van der Waals surface area contributed by atoms with E-state index >= 15 is 0 Å². The van der Waals surface area contributed by atoms with E-state index in [0.717, 1.165) is 12.1 Å². The van der Waals surface area contributed by atoms with E-state index in [4.69, 9.17) is 10.5 Å². The quantitative estimate of drug-likeness (QED) is 0.860. The normalized spacial score (nSPS) is 19.9. The molecule has 0 aliphatic carbocycles. The molecule has 1 amide bonds. The third kappa shape index (κ3) is 2.86. The predicted octanol–water partition coefficient (Wildman–Crippen LogP) is 0.791. The van der Waals surface area contributed by atoms with Gasteiger partial charge in [0.2, 0.25) is 0 Å². The van der Waals surface area contributed by atoms with Crippen LogP contribution in [0.3, 0.4) is 0 Å². The van der Waals surface area contributed by atoms with Gasteiger partial charge in [-0.15, -0.1) is 0 Å².